The lowest BCUT2D eigenvalue weighted by Gasteiger charge is -2.28. The summed E-state index contributed by atoms with van der Waals surface area (Å²) < 4.78 is 3.58. The van der Waals surface area contributed by atoms with Crippen molar-refractivity contribution < 1.29 is 4.57 Å². The summed E-state index contributed by atoms with van der Waals surface area (Å²) in [5, 5.41) is 2.12. The van der Waals surface area contributed by atoms with Crippen molar-refractivity contribution in [1.29, 1.82) is 0 Å². The molecule has 0 unspecified atom stereocenters. The van der Waals surface area contributed by atoms with E-state index in [0.29, 0.717) is 0 Å². The number of thiol groups is 1. The smallest absolute Gasteiger partial charge is 0.262 e. The fourth-order valence-electron chi connectivity index (χ4n) is 5.39. The number of hydrogen-bond donors (Lipinski definition) is 1. The molecule has 0 aliphatic heterocycles. The van der Waals surface area contributed by atoms with Gasteiger partial charge in [0.2, 0.25) is 5.52 Å². The van der Waals surface area contributed by atoms with Crippen LogP contribution in [0.4, 0.5) is 17.1 Å². The molecule has 5 aromatic rings. The minimum Gasteiger partial charge on any atom is -0.340 e. The highest BCUT2D eigenvalue weighted by molar-refractivity contribution is 7.84. The van der Waals surface area contributed by atoms with Gasteiger partial charge in [-0.3, -0.25) is 0 Å². The zero-order valence-corrected chi connectivity index (χ0v) is 25.6. The Labute approximate surface area is 258 Å². The third kappa shape index (κ3) is 5.85. The lowest BCUT2D eigenvalue weighted by Crippen LogP contribution is -2.28. The van der Waals surface area contributed by atoms with Crippen LogP contribution in [0.5, 0.6) is 0 Å². The van der Waals surface area contributed by atoms with Gasteiger partial charge in [-0.15, -0.1) is 12.6 Å². The maximum Gasteiger partial charge on any atom is 0.262 e. The SMILES string of the molecule is CN(/C(S)=C/C=C1\CCC(/C=C/c2sc3ccccc3[n+]2C)=C1N(c1ccccc1)c1ccccc1)c1ccccc1. The van der Waals surface area contributed by atoms with E-state index in [0.717, 1.165) is 34.9 Å². The van der Waals surface area contributed by atoms with E-state index >= 15 is 0 Å². The minimum absolute atomic E-state index is 0.889. The number of allylic oxidation sites excluding steroid dienone is 5. The van der Waals surface area contributed by atoms with Gasteiger partial charge in [0.05, 0.1) is 10.7 Å². The second-order valence-corrected chi connectivity index (χ2v) is 11.8. The molecule has 6 rings (SSSR count). The van der Waals surface area contributed by atoms with Crippen molar-refractivity contribution in [3.8, 4) is 0 Å². The van der Waals surface area contributed by atoms with Crippen LogP contribution in [0.1, 0.15) is 17.8 Å². The first kappa shape index (κ1) is 27.8. The molecule has 0 saturated carbocycles. The summed E-state index contributed by atoms with van der Waals surface area (Å²) in [6.07, 6.45) is 10.9. The van der Waals surface area contributed by atoms with Crippen LogP contribution in [-0.4, -0.2) is 7.05 Å². The van der Waals surface area contributed by atoms with E-state index < -0.39 is 0 Å². The zero-order chi connectivity index (χ0) is 28.9. The molecule has 5 heteroatoms. The van der Waals surface area contributed by atoms with Crippen molar-refractivity contribution in [2.24, 2.45) is 7.05 Å². The fourth-order valence-corrected chi connectivity index (χ4v) is 6.64. The highest BCUT2D eigenvalue weighted by atomic mass is 32.1. The van der Waals surface area contributed by atoms with E-state index in [-0.39, 0.29) is 0 Å². The van der Waals surface area contributed by atoms with Crippen LogP contribution in [0.2, 0.25) is 0 Å². The molecule has 1 aliphatic rings. The average Bonchev–Trinajstić information content (AvgIpc) is 3.59. The van der Waals surface area contributed by atoms with Crippen molar-refractivity contribution in [1.82, 2.24) is 0 Å². The lowest BCUT2D eigenvalue weighted by atomic mass is 10.1. The molecule has 0 radical (unpaired) electrons. The van der Waals surface area contributed by atoms with E-state index in [1.54, 1.807) is 0 Å². The van der Waals surface area contributed by atoms with E-state index in [9.17, 15) is 0 Å². The maximum atomic E-state index is 4.87. The first-order valence-corrected chi connectivity index (χ1v) is 15.4. The molecular formula is C37H34N3S2+. The van der Waals surface area contributed by atoms with Crippen LogP contribution >= 0.6 is 24.0 Å². The normalized spacial score (nSPS) is 14.8. The van der Waals surface area contributed by atoms with Gasteiger partial charge in [-0.2, -0.15) is 4.57 Å². The molecule has 0 N–H and O–H groups in total. The second kappa shape index (κ2) is 12.7. The van der Waals surface area contributed by atoms with E-state index in [1.165, 1.54) is 32.1 Å². The van der Waals surface area contributed by atoms with Gasteiger partial charge in [0.1, 0.15) is 11.7 Å². The summed E-state index contributed by atoms with van der Waals surface area (Å²) in [5.41, 5.74) is 8.48. The fraction of sp³-hybridized carbons (Fsp3) is 0.108. The number of hydrogen-bond acceptors (Lipinski definition) is 4. The summed E-state index contributed by atoms with van der Waals surface area (Å²) in [5.74, 6) is 0. The Kier molecular flexibility index (Phi) is 8.40. The van der Waals surface area contributed by atoms with Crippen LogP contribution in [0.3, 0.4) is 0 Å². The van der Waals surface area contributed by atoms with Gasteiger partial charge in [-0.25, -0.2) is 0 Å². The van der Waals surface area contributed by atoms with Crippen molar-refractivity contribution in [3.63, 3.8) is 0 Å². The summed E-state index contributed by atoms with van der Waals surface area (Å²) in [6.45, 7) is 0. The van der Waals surface area contributed by atoms with Gasteiger partial charge in [0.25, 0.3) is 5.01 Å². The minimum atomic E-state index is 0.889. The number of thiazole rings is 1. The molecule has 4 aromatic carbocycles. The molecule has 0 amide bonds. The Morgan fingerprint density at radius 3 is 1.93 bits per heavy atom. The first-order chi connectivity index (χ1) is 20.6. The van der Waals surface area contributed by atoms with E-state index in [2.05, 4.69) is 162 Å². The third-order valence-electron chi connectivity index (χ3n) is 7.64. The standard InChI is InChI=1S/C37H33N3S2/c1-38(30-14-6-3-7-15-30)35(41)26-24-28-22-23-29(25-27-36-39(2)33-20-12-13-21-34(33)42-36)37(28)40(31-16-8-4-9-17-31)32-18-10-5-11-19-32/h3-21,24-27H,22-23H2,1-2H3/p+1. The van der Waals surface area contributed by atoms with Crippen LogP contribution in [0, 0.1) is 0 Å². The molecule has 0 saturated heterocycles. The monoisotopic (exact) mass is 584 g/mol. The van der Waals surface area contributed by atoms with Crippen LogP contribution in [0.15, 0.2) is 155 Å². The van der Waals surface area contributed by atoms with Gasteiger partial charge >= 0.3 is 0 Å². The van der Waals surface area contributed by atoms with Crippen molar-refractivity contribution in [3.05, 3.63) is 160 Å². The Bertz CT molecular complexity index is 1760. The van der Waals surface area contributed by atoms with E-state index in [4.69, 9.17) is 12.6 Å². The van der Waals surface area contributed by atoms with Crippen LogP contribution < -0.4 is 14.4 Å². The molecule has 1 heterocycles. The topological polar surface area (TPSA) is 10.4 Å². The molecule has 0 bridgehead atoms. The van der Waals surface area contributed by atoms with Crippen molar-refractivity contribution >= 4 is 57.3 Å². The Morgan fingerprint density at radius 1 is 0.738 bits per heavy atom. The van der Waals surface area contributed by atoms with Gasteiger partial charge in [-0.05, 0) is 78.6 Å². The number of anilines is 3. The second-order valence-electron chi connectivity index (χ2n) is 10.3. The molecule has 0 spiro atoms. The molecular weight excluding hydrogens is 551 g/mol. The maximum absolute atomic E-state index is 4.87. The highest BCUT2D eigenvalue weighted by Crippen LogP contribution is 2.42. The molecule has 3 nitrogen and oxygen atoms in total. The molecule has 42 heavy (non-hydrogen) atoms. The predicted molar refractivity (Wildman–Crippen MR) is 183 cm³/mol. The molecule has 0 fully saturated rings. The number of rotatable bonds is 8. The largest absolute Gasteiger partial charge is 0.340 e. The van der Waals surface area contributed by atoms with Gasteiger partial charge < -0.3 is 9.80 Å². The lowest BCUT2D eigenvalue weighted by molar-refractivity contribution is -0.642. The Balaban J connectivity index is 1.46. The Morgan fingerprint density at radius 2 is 1.31 bits per heavy atom. The van der Waals surface area contributed by atoms with Crippen LogP contribution in [-0.2, 0) is 7.05 Å². The zero-order valence-electron chi connectivity index (χ0n) is 23.9. The van der Waals surface area contributed by atoms with Gasteiger partial charge in [-0.1, -0.05) is 84.1 Å². The summed E-state index contributed by atoms with van der Waals surface area (Å²) in [6, 6.07) is 40.3. The number of benzene rings is 4. The Hall–Kier alpha value is -4.32. The number of nitrogens with zero attached hydrogens (tertiary/aromatic N) is 3. The van der Waals surface area contributed by atoms with Gasteiger partial charge in [0.15, 0.2) is 0 Å². The number of para-hydroxylation sites is 4. The molecule has 0 atom stereocenters. The third-order valence-corrected chi connectivity index (χ3v) is 9.28. The van der Waals surface area contributed by atoms with E-state index in [1.807, 2.05) is 17.4 Å². The molecule has 208 valence electrons. The first-order valence-electron chi connectivity index (χ1n) is 14.2. The van der Waals surface area contributed by atoms with Crippen molar-refractivity contribution in [2.45, 2.75) is 12.8 Å². The highest BCUT2D eigenvalue weighted by Gasteiger charge is 2.26. The average molecular weight is 585 g/mol. The molecule has 1 aromatic heterocycles. The predicted octanol–water partition coefficient (Wildman–Crippen LogP) is 9.46. The summed E-state index contributed by atoms with van der Waals surface area (Å²) in [4.78, 5) is 4.50. The van der Waals surface area contributed by atoms with Crippen molar-refractivity contribution in [2.75, 3.05) is 16.8 Å². The quantitative estimate of drug-likeness (QED) is 0.144. The summed E-state index contributed by atoms with van der Waals surface area (Å²) in [7, 11) is 4.20. The number of fused-ring (bicyclic) bond motifs is 1. The number of aryl methyl sites for hydroxylation is 1. The summed E-state index contributed by atoms with van der Waals surface area (Å²) >= 11 is 6.70. The van der Waals surface area contributed by atoms with Gasteiger partial charge in [0, 0.05) is 36.3 Å². The molecule has 1 aliphatic carbocycles. The van der Waals surface area contributed by atoms with Crippen LogP contribution in [0.25, 0.3) is 16.3 Å². The number of aromatic nitrogens is 1.